The highest BCUT2D eigenvalue weighted by atomic mass is 35.5. The Hall–Kier alpha value is -0.610. The van der Waals surface area contributed by atoms with Crippen molar-refractivity contribution in [2.75, 3.05) is 0 Å². The van der Waals surface area contributed by atoms with E-state index in [1.165, 1.54) is 19.1 Å². The van der Waals surface area contributed by atoms with Crippen LogP contribution in [0.3, 0.4) is 0 Å². The normalized spacial score (nSPS) is 11.6. The van der Waals surface area contributed by atoms with Crippen molar-refractivity contribution in [3.8, 4) is 5.75 Å². The van der Waals surface area contributed by atoms with Gasteiger partial charge in [-0.3, -0.25) is 0 Å². The second-order valence-electron chi connectivity index (χ2n) is 2.53. The van der Waals surface area contributed by atoms with Crippen LogP contribution < -0.4 is 4.74 Å². The van der Waals surface area contributed by atoms with Gasteiger partial charge in [0.2, 0.25) is 0 Å². The first kappa shape index (κ1) is 11.5. The molecule has 0 atom stereocenters. The summed E-state index contributed by atoms with van der Waals surface area (Å²) >= 11 is 11.1. The molecule has 1 rings (SSSR count). The van der Waals surface area contributed by atoms with Gasteiger partial charge in [-0.05, 0) is 19.1 Å². The van der Waals surface area contributed by atoms with Crippen molar-refractivity contribution in [1.29, 1.82) is 0 Å². The molecule has 0 aromatic heterocycles. The van der Waals surface area contributed by atoms with Crippen molar-refractivity contribution < 1.29 is 17.9 Å². The molecule has 1 aromatic rings. The molecule has 0 unspecified atom stereocenters. The van der Waals surface area contributed by atoms with Gasteiger partial charge in [-0.15, -0.1) is 13.2 Å². The molecule has 0 amide bonds. The van der Waals surface area contributed by atoms with E-state index in [-0.39, 0.29) is 15.6 Å². The van der Waals surface area contributed by atoms with E-state index < -0.39 is 12.1 Å². The van der Waals surface area contributed by atoms with Gasteiger partial charge in [-0.2, -0.15) is 0 Å². The Labute approximate surface area is 88.4 Å². The van der Waals surface area contributed by atoms with E-state index in [1.54, 1.807) is 0 Å². The molecule has 14 heavy (non-hydrogen) atoms. The number of rotatable bonds is 1. The minimum absolute atomic E-state index is 0.121. The Kier molecular flexibility index (Phi) is 3.17. The first-order chi connectivity index (χ1) is 6.31. The summed E-state index contributed by atoms with van der Waals surface area (Å²) in [6, 6.07) is 2.65. The maximum absolute atomic E-state index is 11.9. The molecule has 0 spiro atoms. The fraction of sp³-hybridized carbons (Fsp3) is 0.250. The summed E-state index contributed by atoms with van der Waals surface area (Å²) in [5.41, 5.74) is 0.163. The van der Waals surface area contributed by atoms with Crippen molar-refractivity contribution in [2.24, 2.45) is 0 Å². The summed E-state index contributed by atoms with van der Waals surface area (Å²) in [4.78, 5) is 0. The fourth-order valence-corrected chi connectivity index (χ4v) is 1.27. The molecule has 0 fully saturated rings. The van der Waals surface area contributed by atoms with Crippen molar-refractivity contribution in [3.63, 3.8) is 0 Å². The summed E-state index contributed by atoms with van der Waals surface area (Å²) in [5.74, 6) is -0.452. The standard InChI is InChI=1S/C8H5Cl2F3O/c1-4-5(9)2-3-6(10)7(4)14-8(11,12)13/h2-3H,1H3. The monoisotopic (exact) mass is 244 g/mol. The Morgan fingerprint density at radius 3 is 2.14 bits per heavy atom. The highest BCUT2D eigenvalue weighted by molar-refractivity contribution is 6.34. The van der Waals surface area contributed by atoms with E-state index in [0.29, 0.717) is 0 Å². The Bertz CT molecular complexity index is 349. The first-order valence-corrected chi connectivity index (χ1v) is 4.27. The maximum atomic E-state index is 11.9. The van der Waals surface area contributed by atoms with Crippen LogP contribution in [-0.4, -0.2) is 6.36 Å². The van der Waals surface area contributed by atoms with E-state index >= 15 is 0 Å². The van der Waals surface area contributed by atoms with E-state index in [2.05, 4.69) is 4.74 Å². The van der Waals surface area contributed by atoms with E-state index in [0.717, 1.165) is 0 Å². The summed E-state index contributed by atoms with van der Waals surface area (Å²) in [6.45, 7) is 1.40. The third-order valence-electron chi connectivity index (χ3n) is 1.51. The molecule has 0 heterocycles. The summed E-state index contributed by atoms with van der Waals surface area (Å²) < 4.78 is 39.5. The maximum Gasteiger partial charge on any atom is 0.573 e. The van der Waals surface area contributed by atoms with Gasteiger partial charge in [-0.1, -0.05) is 23.2 Å². The molecule has 0 saturated heterocycles. The number of halogens is 5. The molecule has 0 bridgehead atoms. The molecule has 0 saturated carbocycles. The fourth-order valence-electron chi connectivity index (χ4n) is 0.876. The summed E-state index contributed by atoms with van der Waals surface area (Å²) in [5, 5.41) is 0.0536. The Morgan fingerprint density at radius 2 is 1.64 bits per heavy atom. The van der Waals surface area contributed by atoms with Gasteiger partial charge in [0, 0.05) is 10.6 Å². The van der Waals surface area contributed by atoms with Crippen molar-refractivity contribution in [2.45, 2.75) is 13.3 Å². The van der Waals surface area contributed by atoms with Gasteiger partial charge >= 0.3 is 6.36 Å². The van der Waals surface area contributed by atoms with Crippen LogP contribution >= 0.6 is 23.2 Å². The molecule has 0 aliphatic rings. The smallest absolute Gasteiger partial charge is 0.404 e. The lowest BCUT2D eigenvalue weighted by Gasteiger charge is -2.13. The van der Waals surface area contributed by atoms with Gasteiger partial charge in [0.25, 0.3) is 0 Å². The Balaban J connectivity index is 3.13. The topological polar surface area (TPSA) is 9.23 Å². The minimum Gasteiger partial charge on any atom is -0.404 e. The lowest BCUT2D eigenvalue weighted by Crippen LogP contribution is -2.18. The number of ether oxygens (including phenoxy) is 1. The van der Waals surface area contributed by atoms with E-state index in [4.69, 9.17) is 23.2 Å². The molecular weight excluding hydrogens is 240 g/mol. The predicted octanol–water partition coefficient (Wildman–Crippen LogP) is 4.20. The van der Waals surface area contributed by atoms with Gasteiger partial charge in [0.05, 0.1) is 5.02 Å². The predicted molar refractivity (Wildman–Crippen MR) is 47.9 cm³/mol. The third kappa shape index (κ3) is 2.69. The van der Waals surface area contributed by atoms with E-state index in [1.807, 2.05) is 0 Å². The largest absolute Gasteiger partial charge is 0.573 e. The lowest BCUT2D eigenvalue weighted by molar-refractivity contribution is -0.274. The third-order valence-corrected chi connectivity index (χ3v) is 2.22. The van der Waals surface area contributed by atoms with Gasteiger partial charge in [0.15, 0.2) is 5.75 Å². The van der Waals surface area contributed by atoms with Gasteiger partial charge in [0.1, 0.15) is 0 Å². The van der Waals surface area contributed by atoms with Crippen LogP contribution in [0, 0.1) is 6.92 Å². The average molecular weight is 245 g/mol. The van der Waals surface area contributed by atoms with E-state index in [9.17, 15) is 13.2 Å². The average Bonchev–Trinajstić information content (AvgIpc) is 2.04. The number of alkyl halides is 3. The van der Waals surface area contributed by atoms with Crippen LogP contribution in [0.5, 0.6) is 5.75 Å². The molecule has 6 heteroatoms. The SMILES string of the molecule is Cc1c(Cl)ccc(Cl)c1OC(F)(F)F. The van der Waals surface area contributed by atoms with Crippen molar-refractivity contribution >= 4 is 23.2 Å². The zero-order valence-electron chi connectivity index (χ0n) is 6.95. The zero-order valence-corrected chi connectivity index (χ0v) is 8.46. The molecular formula is C8H5Cl2F3O. The van der Waals surface area contributed by atoms with Gasteiger partial charge < -0.3 is 4.74 Å². The summed E-state index contributed by atoms with van der Waals surface area (Å²) in [6.07, 6.45) is -4.76. The van der Waals surface area contributed by atoms with Crippen molar-refractivity contribution in [1.82, 2.24) is 0 Å². The Morgan fingerprint density at radius 1 is 1.14 bits per heavy atom. The second-order valence-corrected chi connectivity index (χ2v) is 3.35. The van der Waals surface area contributed by atoms with Crippen LogP contribution in [0.25, 0.3) is 0 Å². The van der Waals surface area contributed by atoms with Crippen LogP contribution in [0.4, 0.5) is 13.2 Å². The molecule has 0 radical (unpaired) electrons. The quantitative estimate of drug-likeness (QED) is 0.720. The molecule has 78 valence electrons. The number of hydrogen-bond donors (Lipinski definition) is 0. The molecule has 1 nitrogen and oxygen atoms in total. The van der Waals surface area contributed by atoms with Crippen molar-refractivity contribution in [3.05, 3.63) is 27.7 Å². The first-order valence-electron chi connectivity index (χ1n) is 3.51. The number of benzene rings is 1. The van der Waals surface area contributed by atoms with Crippen LogP contribution in [0.1, 0.15) is 5.56 Å². The highest BCUT2D eigenvalue weighted by Crippen LogP contribution is 2.36. The molecule has 1 aromatic carbocycles. The van der Waals surface area contributed by atoms with Crippen LogP contribution in [0.15, 0.2) is 12.1 Å². The number of hydrogen-bond acceptors (Lipinski definition) is 1. The molecule has 0 aliphatic heterocycles. The zero-order chi connectivity index (χ0) is 10.9. The molecule has 0 N–H and O–H groups in total. The lowest BCUT2D eigenvalue weighted by atomic mass is 10.2. The van der Waals surface area contributed by atoms with Crippen LogP contribution in [0.2, 0.25) is 10.0 Å². The minimum atomic E-state index is -4.76. The second kappa shape index (κ2) is 3.87. The molecule has 0 aliphatic carbocycles. The van der Waals surface area contributed by atoms with Gasteiger partial charge in [-0.25, -0.2) is 0 Å². The van der Waals surface area contributed by atoms with Crippen LogP contribution in [-0.2, 0) is 0 Å². The highest BCUT2D eigenvalue weighted by Gasteiger charge is 2.33. The summed E-state index contributed by atoms with van der Waals surface area (Å²) in [7, 11) is 0.